The first-order valence-electron chi connectivity index (χ1n) is 6.54. The van der Waals surface area contributed by atoms with Crippen LogP contribution in [0.4, 0.5) is 10.2 Å². The van der Waals surface area contributed by atoms with Crippen molar-refractivity contribution in [1.29, 1.82) is 5.26 Å². The highest BCUT2D eigenvalue weighted by Gasteiger charge is 2.20. The van der Waals surface area contributed by atoms with E-state index in [0.29, 0.717) is 6.54 Å². The maximum absolute atomic E-state index is 14.2. The molecule has 1 N–H and O–H groups in total. The predicted molar refractivity (Wildman–Crippen MR) is 74.7 cm³/mol. The third-order valence-corrected chi connectivity index (χ3v) is 2.78. The lowest BCUT2D eigenvalue weighted by Crippen LogP contribution is -2.31. The third-order valence-electron chi connectivity index (χ3n) is 2.78. The van der Waals surface area contributed by atoms with Gasteiger partial charge in [-0.3, -0.25) is 4.79 Å². The third kappa shape index (κ3) is 3.92. The molecule has 0 saturated heterocycles. The van der Waals surface area contributed by atoms with Gasteiger partial charge < -0.3 is 10.2 Å². The number of carbonyl (C=O) groups excluding carboxylic acids is 1. The van der Waals surface area contributed by atoms with Crippen molar-refractivity contribution >= 4 is 11.7 Å². The first kappa shape index (κ1) is 15.9. The van der Waals surface area contributed by atoms with Gasteiger partial charge in [0.2, 0.25) is 0 Å². The van der Waals surface area contributed by atoms with Crippen molar-refractivity contribution in [2.45, 2.75) is 20.3 Å². The molecule has 1 amide bonds. The molecule has 1 aromatic heterocycles. The summed E-state index contributed by atoms with van der Waals surface area (Å²) in [5.74, 6) is -1.32. The molecule has 0 spiro atoms. The molecular formula is C14H19FN4O. The quantitative estimate of drug-likeness (QED) is 0.866. The molecule has 0 aromatic carbocycles. The highest BCUT2D eigenvalue weighted by atomic mass is 19.1. The number of hydrogen-bond acceptors (Lipinski definition) is 4. The van der Waals surface area contributed by atoms with E-state index in [1.165, 1.54) is 17.2 Å². The number of hydrogen-bond donors (Lipinski definition) is 1. The molecular weight excluding hydrogens is 259 g/mol. The lowest BCUT2D eigenvalue weighted by molar-refractivity contribution is 0.0780. The van der Waals surface area contributed by atoms with Crippen LogP contribution in [0.15, 0.2) is 12.3 Å². The molecule has 108 valence electrons. The molecule has 0 fully saturated rings. The number of nitrogens with zero attached hydrogens (tertiary/aromatic N) is 3. The van der Waals surface area contributed by atoms with Gasteiger partial charge in [-0.1, -0.05) is 6.92 Å². The van der Waals surface area contributed by atoms with Gasteiger partial charge in [-0.2, -0.15) is 5.26 Å². The van der Waals surface area contributed by atoms with Gasteiger partial charge in [-0.05, 0) is 19.4 Å². The van der Waals surface area contributed by atoms with Gasteiger partial charge >= 0.3 is 0 Å². The summed E-state index contributed by atoms with van der Waals surface area (Å²) in [6.45, 7) is 4.51. The summed E-state index contributed by atoms with van der Waals surface area (Å²) in [7, 11) is 1.55. The summed E-state index contributed by atoms with van der Waals surface area (Å²) in [5, 5.41) is 11.6. The van der Waals surface area contributed by atoms with Crippen molar-refractivity contribution in [3.8, 4) is 6.07 Å². The van der Waals surface area contributed by atoms with E-state index in [9.17, 15) is 9.18 Å². The van der Waals surface area contributed by atoms with Crippen molar-refractivity contribution in [2.24, 2.45) is 5.92 Å². The smallest absolute Gasteiger partial charge is 0.256 e. The number of pyridine rings is 1. The average molecular weight is 278 g/mol. The van der Waals surface area contributed by atoms with Crippen LogP contribution in [0.3, 0.4) is 0 Å². The largest absolute Gasteiger partial charge is 0.368 e. The van der Waals surface area contributed by atoms with Crippen LogP contribution < -0.4 is 5.32 Å². The topological polar surface area (TPSA) is 69.0 Å². The molecule has 1 heterocycles. The van der Waals surface area contributed by atoms with Gasteiger partial charge in [0, 0.05) is 26.3 Å². The van der Waals surface area contributed by atoms with Gasteiger partial charge in [0.1, 0.15) is 0 Å². The second kappa shape index (κ2) is 7.43. The number of nitriles is 1. The van der Waals surface area contributed by atoms with E-state index in [1.54, 1.807) is 14.0 Å². The number of halogens is 1. The van der Waals surface area contributed by atoms with Crippen LogP contribution in [0.25, 0.3) is 0 Å². The van der Waals surface area contributed by atoms with Crippen molar-refractivity contribution in [3.05, 3.63) is 23.6 Å². The minimum absolute atomic E-state index is 0.0359. The van der Waals surface area contributed by atoms with Crippen LogP contribution in [0, 0.1) is 23.1 Å². The zero-order valence-corrected chi connectivity index (χ0v) is 12.0. The Balaban J connectivity index is 2.90. The monoisotopic (exact) mass is 278 g/mol. The van der Waals surface area contributed by atoms with E-state index in [4.69, 9.17) is 5.26 Å². The zero-order chi connectivity index (χ0) is 15.1. The molecule has 1 unspecified atom stereocenters. The normalized spacial score (nSPS) is 11.6. The molecule has 1 rings (SSSR count). The highest BCUT2D eigenvalue weighted by molar-refractivity contribution is 5.95. The summed E-state index contributed by atoms with van der Waals surface area (Å²) in [5.41, 5.74) is -0.0359. The predicted octanol–water partition coefficient (Wildman–Crippen LogP) is 2.27. The molecule has 0 aliphatic carbocycles. The number of nitrogens with one attached hydrogen (secondary N) is 1. The van der Waals surface area contributed by atoms with Crippen molar-refractivity contribution < 1.29 is 9.18 Å². The summed E-state index contributed by atoms with van der Waals surface area (Å²) in [4.78, 5) is 17.4. The Morgan fingerprint density at radius 2 is 2.35 bits per heavy atom. The van der Waals surface area contributed by atoms with Crippen LogP contribution in [-0.4, -0.2) is 35.9 Å². The Hall–Kier alpha value is -2.16. The van der Waals surface area contributed by atoms with E-state index in [2.05, 4.69) is 10.3 Å². The number of aromatic nitrogens is 1. The molecule has 1 atom stereocenters. The van der Waals surface area contributed by atoms with Crippen LogP contribution in [0.5, 0.6) is 0 Å². The van der Waals surface area contributed by atoms with E-state index in [-0.39, 0.29) is 23.8 Å². The van der Waals surface area contributed by atoms with Gasteiger partial charge in [0.05, 0.1) is 17.6 Å². The molecule has 0 radical (unpaired) electrons. The second-order valence-corrected chi connectivity index (χ2v) is 4.66. The molecule has 5 nitrogen and oxygen atoms in total. The standard InChI is InChI=1S/C14H19FN4O/c1-4-6-17-13-12(15)11(5-7-18-13)14(20)19(3)9-10(2)8-16/h5,7,10H,4,6,9H2,1-3H3,(H,17,18). The number of carbonyl (C=O) groups is 1. The van der Waals surface area contributed by atoms with Crippen molar-refractivity contribution in [3.63, 3.8) is 0 Å². The molecule has 6 heteroatoms. The molecule has 1 aromatic rings. The lowest BCUT2D eigenvalue weighted by Gasteiger charge is -2.19. The summed E-state index contributed by atoms with van der Waals surface area (Å²) in [6.07, 6.45) is 2.23. The average Bonchev–Trinajstić information content (AvgIpc) is 2.45. The molecule has 0 bridgehead atoms. The molecule has 0 aliphatic rings. The minimum atomic E-state index is -0.651. The summed E-state index contributed by atoms with van der Waals surface area (Å²) < 4.78 is 14.2. The zero-order valence-electron chi connectivity index (χ0n) is 12.0. The van der Waals surface area contributed by atoms with Gasteiger partial charge in [-0.15, -0.1) is 0 Å². The second-order valence-electron chi connectivity index (χ2n) is 4.66. The van der Waals surface area contributed by atoms with Gasteiger partial charge in [-0.25, -0.2) is 9.37 Å². The fraction of sp³-hybridized carbons (Fsp3) is 0.500. The van der Waals surface area contributed by atoms with Crippen LogP contribution in [-0.2, 0) is 0 Å². The number of amides is 1. The Bertz CT molecular complexity index is 512. The SMILES string of the molecule is CCCNc1nccc(C(=O)N(C)CC(C)C#N)c1F. The first-order chi connectivity index (χ1) is 9.51. The van der Waals surface area contributed by atoms with Crippen molar-refractivity contribution in [2.75, 3.05) is 25.5 Å². The minimum Gasteiger partial charge on any atom is -0.368 e. The molecule has 20 heavy (non-hydrogen) atoms. The van der Waals surface area contributed by atoms with Crippen molar-refractivity contribution in [1.82, 2.24) is 9.88 Å². The lowest BCUT2D eigenvalue weighted by atomic mass is 10.1. The highest BCUT2D eigenvalue weighted by Crippen LogP contribution is 2.17. The van der Waals surface area contributed by atoms with E-state index >= 15 is 0 Å². The van der Waals surface area contributed by atoms with E-state index in [0.717, 1.165) is 6.42 Å². The number of rotatable bonds is 6. The summed E-state index contributed by atoms with van der Waals surface area (Å²) >= 11 is 0. The fourth-order valence-corrected chi connectivity index (χ4v) is 1.72. The van der Waals surface area contributed by atoms with Crippen LogP contribution in [0.1, 0.15) is 30.6 Å². The Morgan fingerprint density at radius 1 is 1.65 bits per heavy atom. The molecule has 0 saturated carbocycles. The first-order valence-corrected chi connectivity index (χ1v) is 6.54. The maximum Gasteiger partial charge on any atom is 0.256 e. The fourth-order valence-electron chi connectivity index (χ4n) is 1.72. The summed E-state index contributed by atoms with van der Waals surface area (Å²) in [6, 6.07) is 3.39. The van der Waals surface area contributed by atoms with E-state index in [1.807, 2.05) is 13.0 Å². The maximum atomic E-state index is 14.2. The van der Waals surface area contributed by atoms with Crippen LogP contribution >= 0.6 is 0 Å². The number of anilines is 1. The van der Waals surface area contributed by atoms with E-state index < -0.39 is 11.7 Å². The van der Waals surface area contributed by atoms with Gasteiger partial charge in [0.25, 0.3) is 5.91 Å². The Kier molecular flexibility index (Phi) is 5.91. The Labute approximate surface area is 118 Å². The van der Waals surface area contributed by atoms with Crippen LogP contribution in [0.2, 0.25) is 0 Å². The molecule has 0 aliphatic heterocycles. The Morgan fingerprint density at radius 3 is 2.95 bits per heavy atom. The van der Waals surface area contributed by atoms with Gasteiger partial charge in [0.15, 0.2) is 11.6 Å².